The SMILES string of the molecule is O=C(CC[C@H]1CC[C@H]([C@@H]2CCCN2c2cn[nH]c(=O)c2C(F)(F)F)O1)N1CCN(c2ccc(Cl)cn2)CC1. The molecule has 13 heteroatoms. The lowest BCUT2D eigenvalue weighted by molar-refractivity contribution is -0.138. The van der Waals surface area contributed by atoms with E-state index in [-0.39, 0.29) is 29.8 Å². The summed E-state index contributed by atoms with van der Waals surface area (Å²) < 4.78 is 47.1. The fraction of sp³-hybridized carbons (Fsp3) is 0.600. The number of aromatic nitrogens is 3. The van der Waals surface area contributed by atoms with Crippen molar-refractivity contribution in [3.05, 3.63) is 45.5 Å². The number of nitrogens with zero attached hydrogens (tertiary/aromatic N) is 5. The second-order valence-electron chi connectivity index (χ2n) is 9.98. The van der Waals surface area contributed by atoms with Gasteiger partial charge in [-0.1, -0.05) is 11.6 Å². The number of H-pyrrole nitrogens is 1. The molecule has 0 spiro atoms. The topological polar surface area (TPSA) is 94.7 Å². The fourth-order valence-electron chi connectivity index (χ4n) is 5.77. The minimum Gasteiger partial charge on any atom is -0.373 e. The third-order valence-corrected chi connectivity index (χ3v) is 7.87. The molecule has 0 radical (unpaired) electrons. The van der Waals surface area contributed by atoms with Gasteiger partial charge in [0.05, 0.1) is 35.2 Å². The molecule has 5 rings (SSSR count). The zero-order chi connectivity index (χ0) is 26.9. The number of alkyl halides is 3. The molecule has 0 saturated carbocycles. The number of hydrogen-bond donors (Lipinski definition) is 1. The summed E-state index contributed by atoms with van der Waals surface area (Å²) in [5.41, 5.74) is -2.65. The zero-order valence-electron chi connectivity index (χ0n) is 20.8. The molecule has 5 heterocycles. The van der Waals surface area contributed by atoms with Crippen molar-refractivity contribution in [2.45, 2.75) is 63.0 Å². The lowest BCUT2D eigenvalue weighted by Crippen LogP contribution is -2.49. The molecule has 0 unspecified atom stereocenters. The molecular formula is C25H30ClF3N6O3. The van der Waals surface area contributed by atoms with Crippen LogP contribution < -0.4 is 15.4 Å². The van der Waals surface area contributed by atoms with E-state index in [4.69, 9.17) is 16.3 Å². The lowest BCUT2D eigenvalue weighted by atomic mass is 10.0. The van der Waals surface area contributed by atoms with Gasteiger partial charge in [-0.2, -0.15) is 18.3 Å². The van der Waals surface area contributed by atoms with E-state index < -0.39 is 17.3 Å². The van der Waals surface area contributed by atoms with Gasteiger partial charge in [-0.3, -0.25) is 9.59 Å². The highest BCUT2D eigenvalue weighted by molar-refractivity contribution is 6.30. The first-order valence-corrected chi connectivity index (χ1v) is 13.3. The fourth-order valence-corrected chi connectivity index (χ4v) is 5.88. The largest absolute Gasteiger partial charge is 0.423 e. The Morgan fingerprint density at radius 2 is 1.89 bits per heavy atom. The minimum absolute atomic E-state index is 0.0765. The smallest absolute Gasteiger partial charge is 0.373 e. The van der Waals surface area contributed by atoms with Crippen LogP contribution in [0.3, 0.4) is 0 Å². The Morgan fingerprint density at radius 3 is 2.61 bits per heavy atom. The summed E-state index contributed by atoms with van der Waals surface area (Å²) in [6, 6.07) is 3.40. The van der Waals surface area contributed by atoms with Crippen LogP contribution in [0, 0.1) is 0 Å². The average molecular weight is 555 g/mol. The number of ether oxygens (including phenoxy) is 1. The van der Waals surface area contributed by atoms with Crippen molar-refractivity contribution < 1.29 is 22.7 Å². The number of rotatable bonds is 6. The first-order chi connectivity index (χ1) is 18.2. The number of carbonyl (C=O) groups excluding carboxylic acids is 1. The molecule has 0 aromatic carbocycles. The van der Waals surface area contributed by atoms with Crippen molar-refractivity contribution in [3.8, 4) is 0 Å². The second kappa shape index (κ2) is 11.1. The Morgan fingerprint density at radius 1 is 1.11 bits per heavy atom. The molecule has 3 aliphatic heterocycles. The number of amides is 1. The minimum atomic E-state index is -4.78. The van der Waals surface area contributed by atoms with Gasteiger partial charge in [0.1, 0.15) is 11.4 Å². The van der Waals surface area contributed by atoms with E-state index in [1.54, 1.807) is 17.2 Å². The van der Waals surface area contributed by atoms with Crippen LogP contribution in [0.15, 0.2) is 29.3 Å². The molecule has 3 atom stereocenters. The standard InChI is InChI=1S/C25H30ClF3N6O3/c26-16-3-7-21(30-14-16)33-10-12-34(13-11-33)22(36)8-5-17-4-6-20(38-17)18-2-1-9-35(18)19-15-31-32-24(37)23(19)25(27,28)29/h3,7,14-15,17-18,20H,1-2,4-6,8-13H2,(H,32,37)/t17-,18+,20-/m1/s1. The lowest BCUT2D eigenvalue weighted by Gasteiger charge is -2.35. The maximum absolute atomic E-state index is 13.6. The number of carbonyl (C=O) groups is 1. The number of pyridine rings is 1. The second-order valence-corrected chi connectivity index (χ2v) is 10.4. The van der Waals surface area contributed by atoms with E-state index in [9.17, 15) is 22.8 Å². The molecule has 9 nitrogen and oxygen atoms in total. The molecule has 1 N–H and O–H groups in total. The zero-order valence-corrected chi connectivity index (χ0v) is 21.5. The van der Waals surface area contributed by atoms with Crippen LogP contribution in [0.25, 0.3) is 0 Å². The van der Waals surface area contributed by atoms with Crippen LogP contribution in [0.2, 0.25) is 5.02 Å². The summed E-state index contributed by atoms with van der Waals surface area (Å²) in [6.45, 7) is 3.01. The van der Waals surface area contributed by atoms with Crippen molar-refractivity contribution in [3.63, 3.8) is 0 Å². The Hall–Kier alpha value is -2.86. The molecule has 206 valence electrons. The van der Waals surface area contributed by atoms with Crippen molar-refractivity contribution in [1.82, 2.24) is 20.1 Å². The molecular weight excluding hydrogens is 525 g/mol. The first kappa shape index (κ1) is 26.7. The Balaban J connectivity index is 1.13. The van der Waals surface area contributed by atoms with E-state index in [0.29, 0.717) is 69.9 Å². The first-order valence-electron chi connectivity index (χ1n) is 12.9. The Kier molecular flexibility index (Phi) is 7.80. The van der Waals surface area contributed by atoms with Crippen LogP contribution in [-0.4, -0.2) is 77.0 Å². The monoisotopic (exact) mass is 554 g/mol. The number of hydrogen-bond acceptors (Lipinski definition) is 7. The van der Waals surface area contributed by atoms with Crippen LogP contribution >= 0.6 is 11.6 Å². The van der Waals surface area contributed by atoms with Gasteiger partial charge in [-0.25, -0.2) is 10.1 Å². The van der Waals surface area contributed by atoms with E-state index in [0.717, 1.165) is 18.4 Å². The molecule has 0 bridgehead atoms. The summed E-state index contributed by atoms with van der Waals surface area (Å²) >= 11 is 5.91. The molecule has 3 fully saturated rings. The van der Waals surface area contributed by atoms with Gasteiger partial charge in [-0.15, -0.1) is 0 Å². The molecule has 38 heavy (non-hydrogen) atoms. The highest BCUT2D eigenvalue weighted by Gasteiger charge is 2.43. The maximum atomic E-state index is 13.6. The molecule has 0 aliphatic carbocycles. The van der Waals surface area contributed by atoms with E-state index in [1.165, 1.54) is 0 Å². The Labute approximate surface area is 222 Å². The number of nitrogens with one attached hydrogen (secondary N) is 1. The molecule has 3 aliphatic rings. The summed E-state index contributed by atoms with van der Waals surface area (Å²) in [5, 5.41) is 6.10. The van der Waals surface area contributed by atoms with Crippen LogP contribution in [-0.2, 0) is 15.7 Å². The van der Waals surface area contributed by atoms with E-state index in [1.807, 2.05) is 16.1 Å². The van der Waals surface area contributed by atoms with Gasteiger partial charge in [0.15, 0.2) is 0 Å². The van der Waals surface area contributed by atoms with Gasteiger partial charge >= 0.3 is 6.18 Å². The summed E-state index contributed by atoms with van der Waals surface area (Å²) in [5.74, 6) is 0.916. The van der Waals surface area contributed by atoms with Crippen LogP contribution in [0.4, 0.5) is 24.7 Å². The molecule has 1 amide bonds. The van der Waals surface area contributed by atoms with Crippen molar-refractivity contribution in [2.24, 2.45) is 0 Å². The van der Waals surface area contributed by atoms with Gasteiger partial charge in [-0.05, 0) is 44.2 Å². The highest BCUT2D eigenvalue weighted by atomic mass is 35.5. The van der Waals surface area contributed by atoms with Crippen LogP contribution in [0.1, 0.15) is 44.1 Å². The van der Waals surface area contributed by atoms with Crippen molar-refractivity contribution in [2.75, 3.05) is 42.5 Å². The summed E-state index contributed by atoms with van der Waals surface area (Å²) in [6.07, 6.45) is 1.29. The van der Waals surface area contributed by atoms with Crippen molar-refractivity contribution >= 4 is 29.0 Å². The third kappa shape index (κ3) is 5.75. The summed E-state index contributed by atoms with van der Waals surface area (Å²) in [4.78, 5) is 34.8. The number of anilines is 2. The van der Waals surface area contributed by atoms with E-state index in [2.05, 4.69) is 15.0 Å². The van der Waals surface area contributed by atoms with Gasteiger partial charge in [0.2, 0.25) is 5.91 Å². The van der Waals surface area contributed by atoms with E-state index >= 15 is 0 Å². The highest BCUT2D eigenvalue weighted by Crippen LogP contribution is 2.39. The molecule has 2 aromatic rings. The summed E-state index contributed by atoms with van der Waals surface area (Å²) in [7, 11) is 0. The average Bonchev–Trinajstić information content (AvgIpc) is 3.57. The van der Waals surface area contributed by atoms with Gasteiger partial charge < -0.3 is 19.4 Å². The number of piperazine rings is 1. The molecule has 2 aromatic heterocycles. The van der Waals surface area contributed by atoms with Crippen molar-refractivity contribution in [1.29, 1.82) is 0 Å². The van der Waals surface area contributed by atoms with Gasteiger partial charge in [0.25, 0.3) is 5.56 Å². The molecule has 3 saturated heterocycles. The predicted octanol–water partition coefficient (Wildman–Crippen LogP) is 3.48. The quantitative estimate of drug-likeness (QED) is 0.584. The third-order valence-electron chi connectivity index (χ3n) is 7.65. The number of halogens is 4. The Bertz CT molecular complexity index is 1190. The number of aromatic amines is 1. The van der Waals surface area contributed by atoms with Crippen LogP contribution in [0.5, 0.6) is 0 Å². The van der Waals surface area contributed by atoms with Gasteiger partial charge in [0, 0.05) is 45.3 Å². The predicted molar refractivity (Wildman–Crippen MR) is 135 cm³/mol. The normalized spacial score (nSPS) is 24.3. The maximum Gasteiger partial charge on any atom is 0.423 e.